The lowest BCUT2D eigenvalue weighted by Gasteiger charge is -2.38. The second kappa shape index (κ2) is 8.76. The van der Waals surface area contributed by atoms with Gasteiger partial charge in [-0.15, -0.1) is 11.3 Å². The van der Waals surface area contributed by atoms with Crippen LogP contribution in [0, 0.1) is 0 Å². The summed E-state index contributed by atoms with van der Waals surface area (Å²) in [4.78, 5) is 32.3. The number of aryl methyl sites for hydroxylation is 1. The van der Waals surface area contributed by atoms with Crippen LogP contribution in [0.3, 0.4) is 0 Å². The van der Waals surface area contributed by atoms with Crippen LogP contribution in [-0.2, 0) is 6.42 Å². The van der Waals surface area contributed by atoms with Gasteiger partial charge in [0.15, 0.2) is 5.78 Å². The first-order valence-corrected chi connectivity index (χ1v) is 10.5. The highest BCUT2D eigenvalue weighted by Gasteiger charge is 2.33. The van der Waals surface area contributed by atoms with E-state index in [1.54, 1.807) is 17.2 Å². The van der Waals surface area contributed by atoms with E-state index in [4.69, 9.17) is 16.3 Å². The third kappa shape index (κ3) is 4.66. The number of carbonyl (C=O) groups excluding carboxylic acids is 2. The number of rotatable bonds is 7. The molecule has 0 bridgehead atoms. The average molecular weight is 427 g/mol. The molecule has 7 heteroatoms. The van der Waals surface area contributed by atoms with Crippen molar-refractivity contribution in [3.63, 3.8) is 0 Å². The van der Waals surface area contributed by atoms with Crippen LogP contribution < -0.4 is 4.74 Å². The van der Waals surface area contributed by atoms with Crippen molar-refractivity contribution in [2.24, 2.45) is 0 Å². The van der Waals surface area contributed by atoms with Crippen LogP contribution in [0.2, 0.25) is 5.02 Å². The molecule has 1 fully saturated rings. The topological polar surface area (TPSA) is 59.5 Å². The molecule has 1 aliphatic rings. The van der Waals surface area contributed by atoms with Gasteiger partial charge in [-0.1, -0.05) is 41.9 Å². The highest BCUT2D eigenvalue weighted by Crippen LogP contribution is 2.27. The number of aromatic nitrogens is 1. The number of hydrogen-bond acceptors (Lipinski definition) is 5. The number of pyridine rings is 1. The Kier molecular flexibility index (Phi) is 5.92. The Balaban J connectivity index is 1.27. The fraction of sp³-hybridized carbons (Fsp3) is 0.227. The molecular formula is C22H19ClN2O3S. The monoisotopic (exact) mass is 426 g/mol. The molecule has 1 aromatic carbocycles. The number of carbonyl (C=O) groups is 2. The van der Waals surface area contributed by atoms with Crippen molar-refractivity contribution in [1.82, 2.24) is 9.88 Å². The first-order valence-electron chi connectivity index (χ1n) is 9.32. The minimum Gasteiger partial charge on any atom is -0.485 e. The molecule has 0 radical (unpaired) electrons. The van der Waals surface area contributed by atoms with Gasteiger partial charge >= 0.3 is 0 Å². The predicted molar refractivity (Wildman–Crippen MR) is 113 cm³/mol. The lowest BCUT2D eigenvalue weighted by atomic mass is 10.1. The molecule has 1 aliphatic heterocycles. The molecule has 0 N–H and O–H groups in total. The van der Waals surface area contributed by atoms with E-state index in [0.29, 0.717) is 41.6 Å². The van der Waals surface area contributed by atoms with E-state index in [1.807, 2.05) is 42.5 Å². The number of likely N-dealkylation sites (tertiary alicyclic amines) is 1. The number of nitrogens with zero attached hydrogens (tertiary/aromatic N) is 2. The summed E-state index contributed by atoms with van der Waals surface area (Å²) in [5.74, 6) is 0.695. The Hall–Kier alpha value is -2.70. The van der Waals surface area contributed by atoms with Gasteiger partial charge in [-0.3, -0.25) is 14.6 Å². The number of halogens is 1. The van der Waals surface area contributed by atoms with Crippen molar-refractivity contribution in [3.05, 3.63) is 81.3 Å². The van der Waals surface area contributed by atoms with Crippen molar-refractivity contribution in [1.29, 1.82) is 0 Å². The van der Waals surface area contributed by atoms with E-state index in [0.717, 1.165) is 10.4 Å². The van der Waals surface area contributed by atoms with Gasteiger partial charge in [0.2, 0.25) is 0 Å². The Morgan fingerprint density at radius 1 is 1.14 bits per heavy atom. The van der Waals surface area contributed by atoms with Gasteiger partial charge in [-0.25, -0.2) is 0 Å². The summed E-state index contributed by atoms with van der Waals surface area (Å²) in [6.45, 7) is 1.05. The summed E-state index contributed by atoms with van der Waals surface area (Å²) in [6, 6.07) is 14.8. The first-order chi connectivity index (χ1) is 14.1. The van der Waals surface area contributed by atoms with Crippen molar-refractivity contribution in [2.45, 2.75) is 18.9 Å². The Morgan fingerprint density at radius 3 is 2.69 bits per heavy atom. The predicted octanol–water partition coefficient (Wildman–Crippen LogP) is 4.52. The maximum absolute atomic E-state index is 12.6. The van der Waals surface area contributed by atoms with Crippen molar-refractivity contribution >= 4 is 34.6 Å². The van der Waals surface area contributed by atoms with Crippen LogP contribution in [0.25, 0.3) is 0 Å². The second-order valence-electron chi connectivity index (χ2n) is 6.81. The summed E-state index contributed by atoms with van der Waals surface area (Å²) in [6.07, 6.45) is 4.16. The number of hydrogen-bond donors (Lipinski definition) is 0. The van der Waals surface area contributed by atoms with Crippen LogP contribution in [0.1, 0.15) is 31.3 Å². The Labute approximate surface area is 177 Å². The maximum atomic E-state index is 12.6. The minimum atomic E-state index is -0.0678. The van der Waals surface area contributed by atoms with Crippen LogP contribution in [0.4, 0.5) is 0 Å². The standard InChI is InChI=1S/C22H19ClN2O3S/c23-18-12-24-11-10-20(18)28-16-13-25(14-16)22(27)21-9-7-17(29-21)6-8-19(26)15-4-2-1-3-5-15/h1-5,7,9-12,16H,6,8,13-14H2. The van der Waals surface area contributed by atoms with Crippen LogP contribution in [-0.4, -0.2) is 40.8 Å². The SMILES string of the molecule is O=C(CCc1ccc(C(=O)N2CC(Oc3ccncc3Cl)C2)s1)c1ccccc1. The van der Waals surface area contributed by atoms with E-state index in [2.05, 4.69) is 4.98 Å². The highest BCUT2D eigenvalue weighted by molar-refractivity contribution is 7.14. The number of amides is 1. The smallest absolute Gasteiger partial charge is 0.264 e. The molecule has 5 nitrogen and oxygen atoms in total. The van der Waals surface area contributed by atoms with E-state index in [9.17, 15) is 9.59 Å². The summed E-state index contributed by atoms with van der Waals surface area (Å²) in [5, 5.41) is 0.463. The first kappa shape index (κ1) is 19.6. The zero-order valence-electron chi connectivity index (χ0n) is 15.6. The molecule has 3 aromatic rings. The van der Waals surface area contributed by atoms with Gasteiger partial charge in [-0.05, 0) is 18.6 Å². The normalized spacial score (nSPS) is 13.8. The van der Waals surface area contributed by atoms with E-state index < -0.39 is 0 Å². The fourth-order valence-corrected chi connectivity index (χ4v) is 4.24. The molecule has 0 aliphatic carbocycles. The van der Waals surface area contributed by atoms with Crippen LogP contribution in [0.15, 0.2) is 60.9 Å². The summed E-state index contributed by atoms with van der Waals surface area (Å²) in [7, 11) is 0. The molecule has 148 valence electrons. The molecule has 0 atom stereocenters. The average Bonchev–Trinajstić information content (AvgIpc) is 3.19. The third-order valence-corrected chi connectivity index (χ3v) is 6.15. The number of benzene rings is 1. The number of ether oxygens (including phenoxy) is 1. The molecular weight excluding hydrogens is 408 g/mol. The molecule has 3 heterocycles. The third-order valence-electron chi connectivity index (χ3n) is 4.73. The van der Waals surface area contributed by atoms with Gasteiger partial charge < -0.3 is 9.64 Å². The van der Waals surface area contributed by atoms with Gasteiger partial charge in [0.1, 0.15) is 16.9 Å². The lowest BCUT2D eigenvalue weighted by Crippen LogP contribution is -2.56. The van der Waals surface area contributed by atoms with Crippen LogP contribution in [0.5, 0.6) is 5.75 Å². The molecule has 1 saturated heterocycles. The number of thiophene rings is 1. The van der Waals surface area contributed by atoms with Crippen molar-refractivity contribution in [3.8, 4) is 5.75 Å². The molecule has 2 aromatic heterocycles. The maximum Gasteiger partial charge on any atom is 0.264 e. The van der Waals surface area contributed by atoms with Crippen molar-refractivity contribution < 1.29 is 14.3 Å². The summed E-state index contributed by atoms with van der Waals surface area (Å²) < 4.78 is 5.81. The minimum absolute atomic E-state index is 0.00342. The summed E-state index contributed by atoms with van der Waals surface area (Å²) in [5.41, 5.74) is 0.723. The van der Waals surface area contributed by atoms with E-state index in [1.165, 1.54) is 17.5 Å². The van der Waals surface area contributed by atoms with Gasteiger partial charge in [0.25, 0.3) is 5.91 Å². The second-order valence-corrected chi connectivity index (χ2v) is 8.39. The lowest BCUT2D eigenvalue weighted by molar-refractivity contribution is 0.0182. The van der Waals surface area contributed by atoms with Crippen molar-refractivity contribution in [2.75, 3.05) is 13.1 Å². The Morgan fingerprint density at radius 2 is 1.93 bits per heavy atom. The molecule has 0 saturated carbocycles. The fourth-order valence-electron chi connectivity index (χ4n) is 3.10. The molecule has 29 heavy (non-hydrogen) atoms. The van der Waals surface area contributed by atoms with Gasteiger partial charge in [0, 0.05) is 35.3 Å². The van der Waals surface area contributed by atoms with E-state index in [-0.39, 0.29) is 17.8 Å². The van der Waals surface area contributed by atoms with E-state index >= 15 is 0 Å². The molecule has 4 rings (SSSR count). The van der Waals surface area contributed by atoms with Gasteiger partial charge in [-0.2, -0.15) is 0 Å². The quantitative estimate of drug-likeness (QED) is 0.521. The van der Waals surface area contributed by atoms with Gasteiger partial charge in [0.05, 0.1) is 18.0 Å². The zero-order valence-corrected chi connectivity index (χ0v) is 17.2. The number of ketones is 1. The van der Waals surface area contributed by atoms with Crippen LogP contribution >= 0.6 is 22.9 Å². The molecule has 1 amide bonds. The zero-order chi connectivity index (χ0) is 20.2. The largest absolute Gasteiger partial charge is 0.485 e. The summed E-state index contributed by atoms with van der Waals surface area (Å²) >= 11 is 7.50. The highest BCUT2D eigenvalue weighted by atomic mass is 35.5. The molecule has 0 spiro atoms. The molecule has 0 unspecified atom stereocenters. The Bertz CT molecular complexity index is 1020. The number of Topliss-reactive ketones (excluding diaryl/α,β-unsaturated/α-hetero) is 1.